The Morgan fingerprint density at radius 2 is 2.31 bits per heavy atom. The maximum atomic E-state index is 5.74. The van der Waals surface area contributed by atoms with Gasteiger partial charge in [-0.15, -0.1) is 0 Å². The van der Waals surface area contributed by atoms with Gasteiger partial charge >= 0.3 is 0 Å². The molecule has 0 amide bonds. The lowest BCUT2D eigenvalue weighted by molar-refractivity contribution is 0.268. The number of hydrogen-bond donors (Lipinski definition) is 1. The van der Waals surface area contributed by atoms with Gasteiger partial charge in [0.05, 0.1) is 5.69 Å². The first-order valence-corrected chi connectivity index (χ1v) is 4.98. The summed E-state index contributed by atoms with van der Waals surface area (Å²) in [5, 5.41) is 4.40. The number of anilines is 1. The molecule has 2 N–H and O–H groups in total. The van der Waals surface area contributed by atoms with Crippen molar-refractivity contribution in [3.05, 3.63) is 11.8 Å². The van der Waals surface area contributed by atoms with Crippen molar-refractivity contribution >= 4 is 5.82 Å². The predicted molar refractivity (Wildman–Crippen MR) is 53.4 cm³/mol. The van der Waals surface area contributed by atoms with Crippen molar-refractivity contribution in [2.45, 2.75) is 32.1 Å². The number of nitrogen functional groups attached to an aromatic ring is 1. The van der Waals surface area contributed by atoms with Gasteiger partial charge in [-0.1, -0.05) is 13.3 Å². The fraction of sp³-hybridized carbons (Fsp3) is 0.700. The molecule has 3 heteroatoms. The van der Waals surface area contributed by atoms with E-state index in [1.54, 1.807) is 4.68 Å². The summed E-state index contributed by atoms with van der Waals surface area (Å²) in [4.78, 5) is 0. The first kappa shape index (κ1) is 8.60. The Kier molecular flexibility index (Phi) is 2.02. The van der Waals surface area contributed by atoms with Crippen LogP contribution in [-0.4, -0.2) is 9.78 Å². The van der Waals surface area contributed by atoms with Crippen LogP contribution in [0.2, 0.25) is 0 Å². The number of rotatable bonds is 2. The normalized spacial score (nSPS) is 19.8. The van der Waals surface area contributed by atoms with Crippen molar-refractivity contribution in [2.75, 3.05) is 5.73 Å². The highest BCUT2D eigenvalue weighted by atomic mass is 15.3. The van der Waals surface area contributed by atoms with E-state index in [1.807, 2.05) is 13.1 Å². The van der Waals surface area contributed by atoms with Crippen LogP contribution in [-0.2, 0) is 7.05 Å². The van der Waals surface area contributed by atoms with Crippen molar-refractivity contribution < 1.29 is 0 Å². The predicted octanol–water partition coefficient (Wildman–Crippen LogP) is 1.91. The molecular weight excluding hydrogens is 162 g/mol. The highest BCUT2D eigenvalue weighted by molar-refractivity contribution is 5.32. The van der Waals surface area contributed by atoms with Crippen LogP contribution in [0.1, 0.15) is 37.8 Å². The molecule has 0 bridgehead atoms. The molecule has 1 saturated carbocycles. The standard InChI is InChI=1S/C10H17N3/c1-7(8-4-3-5-8)9-6-10(11)13(2)12-9/h6-8H,3-5,11H2,1-2H3. The molecule has 1 aromatic heterocycles. The molecule has 0 spiro atoms. The zero-order valence-corrected chi connectivity index (χ0v) is 8.33. The molecule has 1 aromatic rings. The van der Waals surface area contributed by atoms with Crippen LogP contribution in [0, 0.1) is 5.92 Å². The van der Waals surface area contributed by atoms with Crippen molar-refractivity contribution in [3.8, 4) is 0 Å². The van der Waals surface area contributed by atoms with E-state index >= 15 is 0 Å². The van der Waals surface area contributed by atoms with Gasteiger partial charge in [0.25, 0.3) is 0 Å². The summed E-state index contributed by atoms with van der Waals surface area (Å²) in [7, 11) is 1.90. The van der Waals surface area contributed by atoms with Crippen LogP contribution in [0.3, 0.4) is 0 Å². The molecule has 1 unspecified atom stereocenters. The Hall–Kier alpha value is -0.990. The zero-order chi connectivity index (χ0) is 9.42. The third kappa shape index (κ3) is 1.43. The monoisotopic (exact) mass is 179 g/mol. The molecule has 1 heterocycles. The van der Waals surface area contributed by atoms with Gasteiger partial charge in [0.2, 0.25) is 0 Å². The summed E-state index contributed by atoms with van der Waals surface area (Å²) in [6.07, 6.45) is 4.10. The Bertz CT molecular complexity index is 280. The maximum absolute atomic E-state index is 5.74. The second kappa shape index (κ2) is 3.05. The molecule has 0 aliphatic heterocycles. The summed E-state index contributed by atoms with van der Waals surface area (Å²) in [5.74, 6) is 2.19. The molecule has 72 valence electrons. The number of aryl methyl sites for hydroxylation is 1. The largest absolute Gasteiger partial charge is 0.384 e. The molecule has 0 radical (unpaired) electrons. The maximum Gasteiger partial charge on any atom is 0.121 e. The second-order valence-corrected chi connectivity index (χ2v) is 4.10. The van der Waals surface area contributed by atoms with Crippen molar-refractivity contribution in [1.29, 1.82) is 0 Å². The summed E-state index contributed by atoms with van der Waals surface area (Å²) in [6.45, 7) is 2.26. The van der Waals surface area contributed by atoms with Crippen LogP contribution in [0.15, 0.2) is 6.07 Å². The lowest BCUT2D eigenvalue weighted by atomic mass is 9.75. The third-order valence-corrected chi connectivity index (χ3v) is 3.26. The van der Waals surface area contributed by atoms with Crippen LogP contribution < -0.4 is 5.73 Å². The molecule has 1 fully saturated rings. The van der Waals surface area contributed by atoms with Crippen molar-refractivity contribution in [2.24, 2.45) is 13.0 Å². The molecule has 2 rings (SSSR count). The topological polar surface area (TPSA) is 43.8 Å². The highest BCUT2D eigenvalue weighted by Gasteiger charge is 2.26. The summed E-state index contributed by atoms with van der Waals surface area (Å²) >= 11 is 0. The zero-order valence-electron chi connectivity index (χ0n) is 8.33. The van der Waals surface area contributed by atoms with E-state index in [2.05, 4.69) is 12.0 Å². The van der Waals surface area contributed by atoms with Crippen molar-refractivity contribution in [3.63, 3.8) is 0 Å². The number of aromatic nitrogens is 2. The van der Waals surface area contributed by atoms with Gasteiger partial charge in [-0.3, -0.25) is 4.68 Å². The van der Waals surface area contributed by atoms with Gasteiger partial charge < -0.3 is 5.73 Å². The fourth-order valence-corrected chi connectivity index (χ4v) is 1.91. The Morgan fingerprint density at radius 3 is 2.69 bits per heavy atom. The molecule has 3 nitrogen and oxygen atoms in total. The Labute approximate surface area is 78.9 Å². The first-order chi connectivity index (χ1) is 6.18. The van der Waals surface area contributed by atoms with Crippen LogP contribution in [0.4, 0.5) is 5.82 Å². The van der Waals surface area contributed by atoms with Crippen LogP contribution in [0.25, 0.3) is 0 Å². The number of nitrogens with zero attached hydrogens (tertiary/aromatic N) is 2. The smallest absolute Gasteiger partial charge is 0.121 e. The molecule has 0 aromatic carbocycles. The highest BCUT2D eigenvalue weighted by Crippen LogP contribution is 2.38. The minimum absolute atomic E-state index is 0.581. The summed E-state index contributed by atoms with van der Waals surface area (Å²) < 4.78 is 1.75. The van der Waals surface area contributed by atoms with Gasteiger partial charge in [0, 0.05) is 19.0 Å². The Balaban J connectivity index is 2.14. The average molecular weight is 179 g/mol. The van der Waals surface area contributed by atoms with Gasteiger partial charge in [-0.05, 0) is 18.8 Å². The molecular formula is C10H17N3. The fourth-order valence-electron chi connectivity index (χ4n) is 1.91. The van der Waals surface area contributed by atoms with Gasteiger partial charge in [-0.2, -0.15) is 5.10 Å². The first-order valence-electron chi connectivity index (χ1n) is 4.98. The SMILES string of the molecule is CC(c1cc(N)n(C)n1)C1CCC1. The van der Waals surface area contributed by atoms with E-state index in [0.717, 1.165) is 17.4 Å². The van der Waals surface area contributed by atoms with E-state index in [9.17, 15) is 0 Å². The molecule has 1 aliphatic rings. The summed E-state index contributed by atoms with van der Waals surface area (Å²) in [6, 6.07) is 2.00. The van der Waals surface area contributed by atoms with Gasteiger partial charge in [-0.25, -0.2) is 0 Å². The average Bonchev–Trinajstić information content (AvgIpc) is 2.28. The minimum atomic E-state index is 0.581. The quantitative estimate of drug-likeness (QED) is 0.753. The van der Waals surface area contributed by atoms with Crippen LogP contribution >= 0.6 is 0 Å². The van der Waals surface area contributed by atoms with Gasteiger partial charge in [0.1, 0.15) is 5.82 Å². The molecule has 1 atom stereocenters. The van der Waals surface area contributed by atoms with E-state index < -0.39 is 0 Å². The number of hydrogen-bond acceptors (Lipinski definition) is 2. The van der Waals surface area contributed by atoms with Crippen LogP contribution in [0.5, 0.6) is 0 Å². The lowest BCUT2D eigenvalue weighted by Crippen LogP contribution is -2.18. The van der Waals surface area contributed by atoms with Crippen molar-refractivity contribution in [1.82, 2.24) is 9.78 Å². The summed E-state index contributed by atoms with van der Waals surface area (Å²) in [5.41, 5.74) is 6.90. The lowest BCUT2D eigenvalue weighted by Gasteiger charge is -2.30. The molecule has 13 heavy (non-hydrogen) atoms. The Morgan fingerprint density at radius 1 is 1.62 bits per heavy atom. The number of nitrogens with two attached hydrogens (primary N) is 1. The van der Waals surface area contributed by atoms with Gasteiger partial charge in [0.15, 0.2) is 0 Å². The van der Waals surface area contributed by atoms with E-state index in [4.69, 9.17) is 5.73 Å². The van der Waals surface area contributed by atoms with E-state index in [0.29, 0.717) is 5.92 Å². The third-order valence-electron chi connectivity index (χ3n) is 3.26. The van der Waals surface area contributed by atoms with E-state index in [1.165, 1.54) is 19.3 Å². The molecule has 1 aliphatic carbocycles. The van der Waals surface area contributed by atoms with E-state index in [-0.39, 0.29) is 0 Å². The molecule has 0 saturated heterocycles. The second-order valence-electron chi connectivity index (χ2n) is 4.10. The minimum Gasteiger partial charge on any atom is -0.384 e.